The summed E-state index contributed by atoms with van der Waals surface area (Å²) < 4.78 is 18.5. The third-order valence-electron chi connectivity index (χ3n) is 4.35. The fourth-order valence-electron chi connectivity index (χ4n) is 2.75. The highest BCUT2D eigenvalue weighted by atomic mass is 32.2. The molecule has 0 radical (unpaired) electrons. The smallest absolute Gasteiger partial charge is 0.118 e. The lowest BCUT2D eigenvalue weighted by molar-refractivity contribution is 0.119. The standard InChI is InChI=1S/C22H26N2O3S/c1-25-20-7-3-18(4-8-20)14-27-15-22(13-24-12-11-23-17-24)28-16-19-5-9-21(26-2)10-6-19/h3-12,17,22H,13-16H2,1-2H3. The number of ether oxygens (including phenoxy) is 3. The summed E-state index contributed by atoms with van der Waals surface area (Å²) in [5, 5.41) is 0.328. The maximum Gasteiger partial charge on any atom is 0.118 e. The number of benzene rings is 2. The topological polar surface area (TPSA) is 45.5 Å². The van der Waals surface area contributed by atoms with Crippen molar-refractivity contribution in [2.75, 3.05) is 20.8 Å². The molecule has 0 fully saturated rings. The van der Waals surface area contributed by atoms with E-state index in [9.17, 15) is 0 Å². The van der Waals surface area contributed by atoms with Crippen molar-refractivity contribution in [3.05, 3.63) is 78.4 Å². The van der Waals surface area contributed by atoms with Gasteiger partial charge in [-0.2, -0.15) is 0 Å². The highest BCUT2D eigenvalue weighted by Crippen LogP contribution is 2.22. The van der Waals surface area contributed by atoms with Crippen LogP contribution in [0, 0.1) is 0 Å². The van der Waals surface area contributed by atoms with Gasteiger partial charge in [0.1, 0.15) is 11.5 Å². The Kier molecular flexibility index (Phi) is 7.82. The van der Waals surface area contributed by atoms with Crippen LogP contribution in [0.5, 0.6) is 11.5 Å². The molecular weight excluding hydrogens is 372 g/mol. The molecule has 0 aliphatic carbocycles. The molecular formula is C22H26N2O3S. The van der Waals surface area contributed by atoms with Gasteiger partial charge in [-0.05, 0) is 35.4 Å². The van der Waals surface area contributed by atoms with Crippen molar-refractivity contribution >= 4 is 11.8 Å². The van der Waals surface area contributed by atoms with Gasteiger partial charge in [-0.3, -0.25) is 0 Å². The molecule has 0 saturated carbocycles. The van der Waals surface area contributed by atoms with Crippen molar-refractivity contribution < 1.29 is 14.2 Å². The van der Waals surface area contributed by atoms with Crippen molar-refractivity contribution in [3.63, 3.8) is 0 Å². The minimum atomic E-state index is 0.328. The first-order chi connectivity index (χ1) is 13.8. The molecule has 1 atom stereocenters. The number of aromatic nitrogens is 2. The predicted octanol–water partition coefficient (Wildman–Crippen LogP) is 4.42. The number of imidazole rings is 1. The molecule has 1 unspecified atom stereocenters. The lowest BCUT2D eigenvalue weighted by atomic mass is 10.2. The van der Waals surface area contributed by atoms with Crippen LogP contribution in [0.4, 0.5) is 0 Å². The summed E-state index contributed by atoms with van der Waals surface area (Å²) >= 11 is 1.89. The van der Waals surface area contributed by atoms with E-state index in [0.717, 1.165) is 29.4 Å². The summed E-state index contributed by atoms with van der Waals surface area (Å²) in [6.45, 7) is 2.13. The van der Waals surface area contributed by atoms with Crippen LogP contribution in [0.2, 0.25) is 0 Å². The molecule has 0 N–H and O–H groups in total. The molecule has 2 aromatic carbocycles. The van der Waals surface area contributed by atoms with Gasteiger partial charge < -0.3 is 18.8 Å². The van der Waals surface area contributed by atoms with Crippen LogP contribution in [0.3, 0.4) is 0 Å². The van der Waals surface area contributed by atoms with E-state index in [2.05, 4.69) is 21.7 Å². The highest BCUT2D eigenvalue weighted by Gasteiger charge is 2.12. The molecule has 5 nitrogen and oxygen atoms in total. The molecule has 1 aromatic heterocycles. The first kappa shape index (κ1) is 20.3. The molecule has 0 aliphatic heterocycles. The Balaban J connectivity index is 1.53. The molecule has 0 bridgehead atoms. The quantitative estimate of drug-likeness (QED) is 0.478. The van der Waals surface area contributed by atoms with Gasteiger partial charge in [-0.25, -0.2) is 4.98 Å². The fraction of sp³-hybridized carbons (Fsp3) is 0.318. The second kappa shape index (κ2) is 10.8. The number of hydrogen-bond donors (Lipinski definition) is 0. The molecule has 148 valence electrons. The lowest BCUT2D eigenvalue weighted by Crippen LogP contribution is -2.19. The van der Waals surface area contributed by atoms with Gasteiger partial charge in [0.05, 0.1) is 33.8 Å². The monoisotopic (exact) mass is 398 g/mol. The molecule has 3 aromatic rings. The number of methoxy groups -OCH3 is 2. The Hall–Kier alpha value is -2.44. The van der Waals surface area contributed by atoms with Gasteiger partial charge in [0, 0.05) is 29.9 Å². The van der Waals surface area contributed by atoms with E-state index in [-0.39, 0.29) is 0 Å². The average molecular weight is 399 g/mol. The zero-order chi connectivity index (χ0) is 19.6. The van der Waals surface area contributed by atoms with Gasteiger partial charge in [0.2, 0.25) is 0 Å². The molecule has 28 heavy (non-hydrogen) atoms. The van der Waals surface area contributed by atoms with Crippen LogP contribution in [-0.4, -0.2) is 35.6 Å². The predicted molar refractivity (Wildman–Crippen MR) is 113 cm³/mol. The third kappa shape index (κ3) is 6.32. The van der Waals surface area contributed by atoms with Gasteiger partial charge in [-0.1, -0.05) is 24.3 Å². The van der Waals surface area contributed by atoms with Gasteiger partial charge in [-0.15, -0.1) is 11.8 Å². The Labute approximate surface area is 170 Å². The fourth-order valence-corrected chi connectivity index (χ4v) is 3.84. The van der Waals surface area contributed by atoms with Gasteiger partial charge in [0.25, 0.3) is 0 Å². The van der Waals surface area contributed by atoms with Crippen molar-refractivity contribution in [1.29, 1.82) is 0 Å². The van der Waals surface area contributed by atoms with Crippen molar-refractivity contribution in [3.8, 4) is 11.5 Å². The Bertz CT molecular complexity index is 805. The minimum absolute atomic E-state index is 0.328. The normalized spacial score (nSPS) is 11.9. The summed E-state index contributed by atoms with van der Waals surface area (Å²) in [7, 11) is 3.36. The van der Waals surface area contributed by atoms with Crippen LogP contribution in [0.1, 0.15) is 11.1 Å². The van der Waals surface area contributed by atoms with Crippen molar-refractivity contribution in [1.82, 2.24) is 9.55 Å². The van der Waals surface area contributed by atoms with Crippen LogP contribution < -0.4 is 9.47 Å². The van der Waals surface area contributed by atoms with Crippen molar-refractivity contribution in [2.45, 2.75) is 24.2 Å². The van der Waals surface area contributed by atoms with Crippen molar-refractivity contribution in [2.24, 2.45) is 0 Å². The van der Waals surface area contributed by atoms with Crippen LogP contribution in [-0.2, 0) is 23.6 Å². The molecule has 0 saturated heterocycles. The third-order valence-corrected chi connectivity index (χ3v) is 5.61. The molecule has 0 spiro atoms. The summed E-state index contributed by atoms with van der Waals surface area (Å²) in [4.78, 5) is 4.14. The van der Waals surface area contributed by atoms with E-state index in [1.54, 1.807) is 14.2 Å². The summed E-state index contributed by atoms with van der Waals surface area (Å²) in [5.41, 5.74) is 2.42. The maximum atomic E-state index is 6.01. The number of hydrogen-bond acceptors (Lipinski definition) is 5. The zero-order valence-corrected chi connectivity index (χ0v) is 17.1. The zero-order valence-electron chi connectivity index (χ0n) is 16.3. The van der Waals surface area contributed by atoms with Gasteiger partial charge in [0.15, 0.2) is 0 Å². The number of thioether (sulfide) groups is 1. The summed E-state index contributed by atoms with van der Waals surface area (Å²) in [6.07, 6.45) is 5.65. The lowest BCUT2D eigenvalue weighted by Gasteiger charge is -2.18. The summed E-state index contributed by atoms with van der Waals surface area (Å²) in [6, 6.07) is 16.2. The maximum absolute atomic E-state index is 6.01. The van der Waals surface area contributed by atoms with E-state index < -0.39 is 0 Å². The van der Waals surface area contributed by atoms with E-state index in [1.807, 2.05) is 66.9 Å². The number of rotatable bonds is 11. The summed E-state index contributed by atoms with van der Waals surface area (Å²) in [5.74, 6) is 2.67. The highest BCUT2D eigenvalue weighted by molar-refractivity contribution is 7.99. The molecule has 0 aliphatic rings. The first-order valence-electron chi connectivity index (χ1n) is 9.18. The number of nitrogens with zero attached hydrogens (tertiary/aromatic N) is 2. The second-order valence-corrected chi connectivity index (χ2v) is 7.69. The van der Waals surface area contributed by atoms with E-state index in [0.29, 0.717) is 18.5 Å². The SMILES string of the molecule is COc1ccc(COCC(Cn2ccnc2)SCc2ccc(OC)cc2)cc1. The molecule has 0 amide bonds. The van der Waals surface area contributed by atoms with E-state index >= 15 is 0 Å². The molecule has 3 rings (SSSR count). The first-order valence-corrected chi connectivity index (χ1v) is 10.2. The van der Waals surface area contributed by atoms with E-state index in [4.69, 9.17) is 14.2 Å². The largest absolute Gasteiger partial charge is 0.497 e. The van der Waals surface area contributed by atoms with Crippen LogP contribution >= 0.6 is 11.8 Å². The molecule has 6 heteroatoms. The van der Waals surface area contributed by atoms with E-state index in [1.165, 1.54) is 5.56 Å². The van der Waals surface area contributed by atoms with Crippen LogP contribution in [0.25, 0.3) is 0 Å². The Morgan fingerprint density at radius 2 is 1.57 bits per heavy atom. The van der Waals surface area contributed by atoms with Crippen LogP contribution in [0.15, 0.2) is 67.3 Å². The second-order valence-electron chi connectivity index (χ2n) is 6.40. The molecule has 1 heterocycles. The average Bonchev–Trinajstić information content (AvgIpc) is 3.26. The van der Waals surface area contributed by atoms with Gasteiger partial charge >= 0.3 is 0 Å². The Morgan fingerprint density at radius 1 is 0.929 bits per heavy atom. The Morgan fingerprint density at radius 3 is 2.14 bits per heavy atom. The minimum Gasteiger partial charge on any atom is -0.497 e.